The summed E-state index contributed by atoms with van der Waals surface area (Å²) in [7, 11) is -3.57. The summed E-state index contributed by atoms with van der Waals surface area (Å²) in [5.74, 6) is 0. The van der Waals surface area contributed by atoms with Crippen LogP contribution in [0.5, 0.6) is 0 Å². The Bertz CT molecular complexity index is 527. The molecule has 1 saturated heterocycles. The average Bonchev–Trinajstić information content (AvgIpc) is 2.48. The highest BCUT2D eigenvalue weighted by molar-refractivity contribution is 7.89. The number of hydrogen-bond acceptors (Lipinski definition) is 5. The maximum absolute atomic E-state index is 12.2. The molecule has 0 saturated carbocycles. The second kappa shape index (κ2) is 7.14. The minimum absolute atomic E-state index is 0.143. The van der Waals surface area contributed by atoms with Crippen molar-refractivity contribution in [2.24, 2.45) is 0 Å². The molecule has 0 spiro atoms. The van der Waals surface area contributed by atoms with Crippen LogP contribution in [0.3, 0.4) is 0 Å². The number of ether oxygens (including phenoxy) is 1. The number of aliphatic hydroxyl groups excluding tert-OH is 1. The highest BCUT2D eigenvalue weighted by Gasteiger charge is 2.18. The van der Waals surface area contributed by atoms with Gasteiger partial charge in [-0.15, -0.1) is 0 Å². The van der Waals surface area contributed by atoms with Gasteiger partial charge in [0.2, 0.25) is 10.0 Å². The third kappa shape index (κ3) is 4.00. The zero-order chi connectivity index (χ0) is 14.4. The first-order chi connectivity index (χ1) is 9.63. The van der Waals surface area contributed by atoms with Crippen LogP contribution in [0.1, 0.15) is 5.56 Å². The topological polar surface area (TPSA) is 78.9 Å². The molecule has 0 unspecified atom stereocenters. The van der Waals surface area contributed by atoms with Crippen molar-refractivity contribution >= 4 is 10.0 Å². The van der Waals surface area contributed by atoms with E-state index in [1.165, 1.54) is 6.07 Å². The normalized spacial score (nSPS) is 17.2. The van der Waals surface area contributed by atoms with E-state index >= 15 is 0 Å². The van der Waals surface area contributed by atoms with Gasteiger partial charge in [-0.25, -0.2) is 13.1 Å². The van der Waals surface area contributed by atoms with Gasteiger partial charge in [0.1, 0.15) is 0 Å². The van der Waals surface area contributed by atoms with E-state index in [9.17, 15) is 13.5 Å². The van der Waals surface area contributed by atoms with Gasteiger partial charge in [-0.2, -0.15) is 0 Å². The summed E-state index contributed by atoms with van der Waals surface area (Å²) in [5.41, 5.74) is 0.409. The summed E-state index contributed by atoms with van der Waals surface area (Å²) >= 11 is 0. The van der Waals surface area contributed by atoms with Crippen molar-refractivity contribution in [1.82, 2.24) is 9.62 Å². The van der Waals surface area contributed by atoms with Crippen molar-refractivity contribution in [2.75, 3.05) is 39.4 Å². The van der Waals surface area contributed by atoms with Crippen LogP contribution in [0.2, 0.25) is 0 Å². The summed E-state index contributed by atoms with van der Waals surface area (Å²) < 4.78 is 32.2. The predicted octanol–water partition coefficient (Wildman–Crippen LogP) is -0.211. The number of nitrogens with one attached hydrogen (secondary N) is 1. The Morgan fingerprint density at radius 1 is 1.25 bits per heavy atom. The third-order valence-corrected chi connectivity index (χ3v) is 4.82. The van der Waals surface area contributed by atoms with Crippen molar-refractivity contribution in [3.8, 4) is 0 Å². The molecule has 1 aromatic rings. The van der Waals surface area contributed by atoms with E-state index < -0.39 is 10.0 Å². The van der Waals surface area contributed by atoms with Gasteiger partial charge >= 0.3 is 0 Å². The van der Waals surface area contributed by atoms with Crippen LogP contribution in [0.25, 0.3) is 0 Å². The lowest BCUT2D eigenvalue weighted by atomic mass is 10.2. The monoisotopic (exact) mass is 300 g/mol. The Labute approximate surface area is 119 Å². The van der Waals surface area contributed by atoms with Crippen molar-refractivity contribution in [3.05, 3.63) is 29.8 Å². The van der Waals surface area contributed by atoms with Crippen LogP contribution in [0, 0.1) is 0 Å². The van der Waals surface area contributed by atoms with Gasteiger partial charge in [-0.05, 0) is 11.6 Å². The molecule has 2 N–H and O–H groups in total. The fraction of sp³-hybridized carbons (Fsp3) is 0.538. The first-order valence-corrected chi connectivity index (χ1v) is 8.10. The first-order valence-electron chi connectivity index (χ1n) is 6.62. The molecule has 20 heavy (non-hydrogen) atoms. The van der Waals surface area contributed by atoms with Crippen LogP contribution in [0.4, 0.5) is 0 Å². The summed E-state index contributed by atoms with van der Waals surface area (Å²) in [6.07, 6.45) is 0. The van der Waals surface area contributed by atoms with Crippen LogP contribution < -0.4 is 4.72 Å². The minimum Gasteiger partial charge on any atom is -0.392 e. The molecule has 1 aliphatic rings. The summed E-state index contributed by atoms with van der Waals surface area (Å²) in [5, 5.41) is 9.20. The van der Waals surface area contributed by atoms with Gasteiger partial charge in [0.25, 0.3) is 0 Å². The molecular weight excluding hydrogens is 280 g/mol. The van der Waals surface area contributed by atoms with Crippen molar-refractivity contribution in [3.63, 3.8) is 0 Å². The molecule has 0 bridgehead atoms. The number of rotatable bonds is 6. The van der Waals surface area contributed by atoms with E-state index in [1.54, 1.807) is 18.2 Å². The number of benzene rings is 1. The molecule has 1 aliphatic heterocycles. The molecule has 112 valence electrons. The lowest BCUT2D eigenvalue weighted by Gasteiger charge is -2.26. The lowest BCUT2D eigenvalue weighted by molar-refractivity contribution is 0.0390. The smallest absolute Gasteiger partial charge is 0.240 e. The zero-order valence-corrected chi connectivity index (χ0v) is 12.1. The summed E-state index contributed by atoms with van der Waals surface area (Å²) in [6.45, 7) is 3.76. The molecule has 0 amide bonds. The Balaban J connectivity index is 1.93. The Morgan fingerprint density at radius 3 is 2.65 bits per heavy atom. The van der Waals surface area contributed by atoms with Crippen molar-refractivity contribution in [1.29, 1.82) is 0 Å². The fourth-order valence-corrected chi connectivity index (χ4v) is 3.39. The minimum atomic E-state index is -3.57. The third-order valence-electron chi connectivity index (χ3n) is 3.26. The maximum atomic E-state index is 12.2. The molecule has 0 radical (unpaired) electrons. The number of hydrogen-bond donors (Lipinski definition) is 2. The first kappa shape index (κ1) is 15.4. The molecule has 1 aromatic carbocycles. The summed E-state index contributed by atoms with van der Waals surface area (Å²) in [6, 6.07) is 6.47. The number of morpholine rings is 1. The quantitative estimate of drug-likeness (QED) is 0.760. The zero-order valence-electron chi connectivity index (χ0n) is 11.3. The van der Waals surface area contributed by atoms with Crippen LogP contribution in [-0.2, 0) is 21.4 Å². The SMILES string of the molecule is O=S(=O)(NCCN1CCOCC1)c1ccccc1CO. The van der Waals surface area contributed by atoms with Crippen LogP contribution in [-0.4, -0.2) is 57.8 Å². The van der Waals surface area contributed by atoms with Gasteiger partial charge < -0.3 is 9.84 Å². The number of sulfonamides is 1. The van der Waals surface area contributed by atoms with Gasteiger partial charge in [0.15, 0.2) is 0 Å². The van der Waals surface area contributed by atoms with Gasteiger partial charge in [-0.3, -0.25) is 4.90 Å². The molecule has 6 nitrogen and oxygen atoms in total. The molecule has 0 aromatic heterocycles. The van der Waals surface area contributed by atoms with Gasteiger partial charge in [-0.1, -0.05) is 18.2 Å². The molecule has 7 heteroatoms. The lowest BCUT2D eigenvalue weighted by Crippen LogP contribution is -2.41. The van der Waals surface area contributed by atoms with E-state index in [1.807, 2.05) is 0 Å². The van der Waals surface area contributed by atoms with E-state index in [4.69, 9.17) is 4.74 Å². The molecule has 1 fully saturated rings. The Kier molecular flexibility index (Phi) is 5.50. The van der Waals surface area contributed by atoms with Crippen LogP contribution >= 0.6 is 0 Å². The highest BCUT2D eigenvalue weighted by atomic mass is 32.2. The fourth-order valence-electron chi connectivity index (χ4n) is 2.14. The summed E-state index contributed by atoms with van der Waals surface area (Å²) in [4.78, 5) is 2.30. The maximum Gasteiger partial charge on any atom is 0.240 e. The van der Waals surface area contributed by atoms with E-state index in [0.717, 1.165) is 13.1 Å². The number of aliphatic hydroxyl groups is 1. The van der Waals surface area contributed by atoms with E-state index in [-0.39, 0.29) is 11.5 Å². The van der Waals surface area contributed by atoms with Gasteiger partial charge in [0.05, 0.1) is 24.7 Å². The van der Waals surface area contributed by atoms with Gasteiger partial charge in [0, 0.05) is 26.2 Å². The molecule has 1 heterocycles. The molecule has 0 aliphatic carbocycles. The van der Waals surface area contributed by atoms with Crippen LogP contribution in [0.15, 0.2) is 29.2 Å². The molecule has 0 atom stereocenters. The number of nitrogens with zero attached hydrogens (tertiary/aromatic N) is 1. The highest BCUT2D eigenvalue weighted by Crippen LogP contribution is 2.14. The largest absolute Gasteiger partial charge is 0.392 e. The second-order valence-electron chi connectivity index (χ2n) is 4.62. The van der Waals surface area contributed by atoms with Crippen molar-refractivity contribution in [2.45, 2.75) is 11.5 Å². The second-order valence-corrected chi connectivity index (χ2v) is 6.35. The Hall–Kier alpha value is -0.990. The Morgan fingerprint density at radius 2 is 1.95 bits per heavy atom. The predicted molar refractivity (Wildman–Crippen MR) is 74.8 cm³/mol. The van der Waals surface area contributed by atoms with Crippen molar-refractivity contribution < 1.29 is 18.3 Å². The average molecular weight is 300 g/mol. The standard InChI is InChI=1S/C13H20N2O4S/c16-11-12-3-1-2-4-13(12)20(17,18)14-5-6-15-7-9-19-10-8-15/h1-4,14,16H,5-11H2. The molecule has 2 rings (SSSR count). The van der Waals surface area contributed by atoms with E-state index in [0.29, 0.717) is 31.9 Å². The van der Waals surface area contributed by atoms with E-state index in [2.05, 4.69) is 9.62 Å². The molecular formula is C13H20N2O4S.